The molecule has 0 fully saturated rings. The van der Waals surface area contributed by atoms with Gasteiger partial charge in [0.15, 0.2) is 5.43 Å². The van der Waals surface area contributed by atoms with Crippen molar-refractivity contribution in [3.05, 3.63) is 52.3 Å². The zero-order valence-electron chi connectivity index (χ0n) is 15.5. The standard InChI is InChI=1S/C19H23N3O5/c1-11(10-26-17(20)24)13-6-5-7-14-15(13)21-8-12(16(14)23)9-22-18(25)27-19(2,3)4/h5-8H,1,9-10H2,2-4H3,(H2,20,24)(H,21,23)(H,22,25). The summed E-state index contributed by atoms with van der Waals surface area (Å²) in [5.41, 5.74) is 6.18. The first-order valence-electron chi connectivity index (χ1n) is 8.29. The lowest BCUT2D eigenvalue weighted by atomic mass is 10.0. The van der Waals surface area contributed by atoms with E-state index in [2.05, 4.69) is 16.9 Å². The van der Waals surface area contributed by atoms with Gasteiger partial charge in [0.05, 0.1) is 12.1 Å². The Labute approximate surface area is 156 Å². The Bertz CT molecular complexity index is 940. The van der Waals surface area contributed by atoms with Crippen molar-refractivity contribution in [2.75, 3.05) is 6.61 Å². The molecule has 0 saturated heterocycles. The van der Waals surface area contributed by atoms with Gasteiger partial charge in [0.2, 0.25) is 0 Å². The number of primary amides is 1. The molecule has 0 aliphatic carbocycles. The van der Waals surface area contributed by atoms with Gasteiger partial charge in [0.25, 0.3) is 0 Å². The van der Waals surface area contributed by atoms with Crippen LogP contribution in [0.25, 0.3) is 16.5 Å². The van der Waals surface area contributed by atoms with E-state index in [1.54, 1.807) is 39.0 Å². The van der Waals surface area contributed by atoms with Crippen molar-refractivity contribution in [2.24, 2.45) is 5.73 Å². The van der Waals surface area contributed by atoms with E-state index in [1.807, 2.05) is 0 Å². The number of pyridine rings is 1. The summed E-state index contributed by atoms with van der Waals surface area (Å²) in [5.74, 6) is 0. The van der Waals surface area contributed by atoms with Crippen molar-refractivity contribution < 1.29 is 19.1 Å². The second-order valence-corrected chi connectivity index (χ2v) is 6.94. The van der Waals surface area contributed by atoms with Gasteiger partial charge in [-0.15, -0.1) is 0 Å². The van der Waals surface area contributed by atoms with Gasteiger partial charge in [0.1, 0.15) is 12.2 Å². The highest BCUT2D eigenvalue weighted by atomic mass is 16.6. The van der Waals surface area contributed by atoms with E-state index in [0.29, 0.717) is 27.6 Å². The number of nitrogens with one attached hydrogen (secondary N) is 2. The molecule has 0 radical (unpaired) electrons. The predicted octanol–water partition coefficient (Wildman–Crippen LogP) is 2.66. The molecule has 2 rings (SSSR count). The smallest absolute Gasteiger partial charge is 0.407 e. The third kappa shape index (κ3) is 5.34. The van der Waals surface area contributed by atoms with Crippen molar-refractivity contribution in [3.8, 4) is 0 Å². The first kappa shape index (κ1) is 20.0. The van der Waals surface area contributed by atoms with Crippen molar-refractivity contribution in [2.45, 2.75) is 32.9 Å². The van der Waals surface area contributed by atoms with Crippen molar-refractivity contribution >= 4 is 28.7 Å². The summed E-state index contributed by atoms with van der Waals surface area (Å²) in [6.07, 6.45) is 0.0152. The highest BCUT2D eigenvalue weighted by molar-refractivity contribution is 5.91. The molecule has 1 aromatic carbocycles. The first-order valence-corrected chi connectivity index (χ1v) is 8.29. The molecule has 4 N–H and O–H groups in total. The summed E-state index contributed by atoms with van der Waals surface area (Å²) >= 11 is 0. The SMILES string of the molecule is C=C(COC(N)=O)c1cccc2c(=O)c(CNC(=O)OC(C)(C)C)c[nH]c12. The molecule has 1 heterocycles. The van der Waals surface area contributed by atoms with Crippen LogP contribution in [0.15, 0.2) is 35.8 Å². The van der Waals surface area contributed by atoms with Crippen LogP contribution in [0, 0.1) is 0 Å². The van der Waals surface area contributed by atoms with Gasteiger partial charge in [-0.1, -0.05) is 18.7 Å². The minimum atomic E-state index is -0.902. The van der Waals surface area contributed by atoms with Gasteiger partial charge >= 0.3 is 12.2 Å². The topological polar surface area (TPSA) is 124 Å². The molecule has 0 aliphatic rings. The van der Waals surface area contributed by atoms with Gasteiger partial charge in [0, 0.05) is 22.7 Å². The summed E-state index contributed by atoms with van der Waals surface area (Å²) in [4.78, 5) is 38.3. The van der Waals surface area contributed by atoms with Crippen LogP contribution in [-0.4, -0.2) is 29.4 Å². The summed E-state index contributed by atoms with van der Waals surface area (Å²) in [6, 6.07) is 5.12. The molecule has 8 heteroatoms. The van der Waals surface area contributed by atoms with E-state index >= 15 is 0 Å². The highest BCUT2D eigenvalue weighted by Crippen LogP contribution is 2.21. The fraction of sp³-hybridized carbons (Fsp3) is 0.316. The minimum absolute atomic E-state index is 0.0240. The molecule has 27 heavy (non-hydrogen) atoms. The molecule has 8 nitrogen and oxygen atoms in total. The van der Waals surface area contributed by atoms with Crippen LogP contribution in [0.4, 0.5) is 9.59 Å². The van der Waals surface area contributed by atoms with Gasteiger partial charge in [-0.25, -0.2) is 9.59 Å². The number of carbonyl (C=O) groups excluding carboxylic acids is 2. The number of carbonyl (C=O) groups is 2. The number of para-hydroxylation sites is 1. The zero-order chi connectivity index (χ0) is 20.2. The summed E-state index contributed by atoms with van der Waals surface area (Å²) < 4.78 is 9.91. The number of fused-ring (bicyclic) bond motifs is 1. The normalized spacial score (nSPS) is 11.1. The van der Waals surface area contributed by atoms with E-state index in [9.17, 15) is 14.4 Å². The highest BCUT2D eigenvalue weighted by Gasteiger charge is 2.17. The number of aromatic amines is 1. The molecular formula is C19H23N3O5. The Morgan fingerprint density at radius 3 is 2.63 bits per heavy atom. The summed E-state index contributed by atoms with van der Waals surface area (Å²) in [5, 5.41) is 2.99. The van der Waals surface area contributed by atoms with Crippen LogP contribution in [0.2, 0.25) is 0 Å². The molecule has 0 bridgehead atoms. The molecular weight excluding hydrogens is 350 g/mol. The van der Waals surface area contributed by atoms with Crippen molar-refractivity contribution in [1.82, 2.24) is 10.3 Å². The molecule has 0 spiro atoms. The Balaban J connectivity index is 2.24. The van der Waals surface area contributed by atoms with Crippen LogP contribution < -0.4 is 16.5 Å². The summed E-state index contributed by atoms with van der Waals surface area (Å²) in [6.45, 7) is 9.07. The molecule has 0 unspecified atom stereocenters. The van der Waals surface area contributed by atoms with E-state index in [-0.39, 0.29) is 18.6 Å². The van der Waals surface area contributed by atoms with E-state index in [4.69, 9.17) is 15.2 Å². The molecule has 0 aliphatic heterocycles. The van der Waals surface area contributed by atoms with E-state index in [1.165, 1.54) is 6.20 Å². The van der Waals surface area contributed by atoms with Crippen LogP contribution in [-0.2, 0) is 16.0 Å². The maximum Gasteiger partial charge on any atom is 0.407 e. The quantitative estimate of drug-likeness (QED) is 0.743. The predicted molar refractivity (Wildman–Crippen MR) is 102 cm³/mol. The van der Waals surface area contributed by atoms with Gasteiger partial charge in [-0.05, 0) is 32.4 Å². The van der Waals surface area contributed by atoms with Gasteiger partial charge in [-0.2, -0.15) is 0 Å². The third-order valence-electron chi connectivity index (χ3n) is 3.58. The number of rotatable bonds is 5. The van der Waals surface area contributed by atoms with E-state index in [0.717, 1.165) is 0 Å². The second-order valence-electron chi connectivity index (χ2n) is 6.94. The Morgan fingerprint density at radius 2 is 2.00 bits per heavy atom. The number of aromatic nitrogens is 1. The number of nitrogens with two attached hydrogens (primary N) is 1. The molecule has 1 aromatic heterocycles. The molecule has 0 atom stereocenters. The average molecular weight is 373 g/mol. The Morgan fingerprint density at radius 1 is 1.30 bits per heavy atom. The second kappa shape index (κ2) is 7.94. The molecule has 2 aromatic rings. The van der Waals surface area contributed by atoms with Crippen molar-refractivity contribution in [3.63, 3.8) is 0 Å². The van der Waals surface area contributed by atoms with E-state index < -0.39 is 17.8 Å². The number of alkyl carbamates (subject to hydrolysis) is 1. The summed E-state index contributed by atoms with van der Waals surface area (Å²) in [7, 11) is 0. The number of ether oxygens (including phenoxy) is 2. The monoisotopic (exact) mass is 373 g/mol. The van der Waals surface area contributed by atoms with Gasteiger partial charge < -0.3 is 25.5 Å². The number of hydrogen-bond acceptors (Lipinski definition) is 5. The Hall–Kier alpha value is -3.29. The number of amides is 2. The Kier molecular flexibility index (Phi) is 5.89. The molecule has 2 amide bonds. The fourth-order valence-electron chi connectivity index (χ4n) is 2.44. The lowest BCUT2D eigenvalue weighted by Crippen LogP contribution is -2.33. The fourth-order valence-corrected chi connectivity index (χ4v) is 2.44. The van der Waals surface area contributed by atoms with Crippen LogP contribution >= 0.6 is 0 Å². The minimum Gasteiger partial charge on any atom is -0.445 e. The first-order chi connectivity index (χ1) is 12.6. The molecule has 144 valence electrons. The third-order valence-corrected chi connectivity index (χ3v) is 3.58. The lowest BCUT2D eigenvalue weighted by Gasteiger charge is -2.19. The number of H-pyrrole nitrogens is 1. The van der Waals surface area contributed by atoms with Crippen LogP contribution in [0.5, 0.6) is 0 Å². The number of benzene rings is 1. The lowest BCUT2D eigenvalue weighted by molar-refractivity contribution is 0.0523. The largest absolute Gasteiger partial charge is 0.445 e. The van der Waals surface area contributed by atoms with Gasteiger partial charge in [-0.3, -0.25) is 4.79 Å². The average Bonchev–Trinajstić information content (AvgIpc) is 2.57. The van der Waals surface area contributed by atoms with Crippen molar-refractivity contribution in [1.29, 1.82) is 0 Å². The number of hydrogen-bond donors (Lipinski definition) is 3. The van der Waals surface area contributed by atoms with Crippen LogP contribution in [0.3, 0.4) is 0 Å². The maximum atomic E-state index is 12.7. The maximum absolute atomic E-state index is 12.7. The van der Waals surface area contributed by atoms with Crippen LogP contribution in [0.1, 0.15) is 31.9 Å². The zero-order valence-corrected chi connectivity index (χ0v) is 15.5. The molecule has 0 saturated carbocycles.